The van der Waals surface area contributed by atoms with Gasteiger partial charge in [-0.1, -0.05) is 142 Å². The van der Waals surface area contributed by atoms with Gasteiger partial charge in [0.15, 0.2) is 0 Å². The van der Waals surface area contributed by atoms with Crippen molar-refractivity contribution < 1.29 is 9.90 Å². The van der Waals surface area contributed by atoms with Crippen LogP contribution in [0.2, 0.25) is 0 Å². The Hall–Kier alpha value is -0.790. The molecule has 0 spiro atoms. The van der Waals surface area contributed by atoms with Crippen molar-refractivity contribution in [3.63, 3.8) is 0 Å². The highest BCUT2D eigenvalue weighted by Gasteiger charge is 2.31. The lowest BCUT2D eigenvalue weighted by Gasteiger charge is -2.24. The van der Waals surface area contributed by atoms with Gasteiger partial charge >= 0.3 is 5.97 Å². The summed E-state index contributed by atoms with van der Waals surface area (Å²) in [4.78, 5) is 11.9. The number of carboxylic acid groups (broad SMARTS) is 1. The fraction of sp³-hybridized carbons (Fsp3) is 0.903. The average molecular weight is 465 g/mol. The first-order chi connectivity index (χ1) is 16.1. The van der Waals surface area contributed by atoms with Crippen molar-refractivity contribution in [2.24, 2.45) is 5.41 Å². The SMILES string of the molecule is CCCCCCCC/C=C\CCCCCCC(C)(CCCCCCCCCCCC)C(=O)O. The van der Waals surface area contributed by atoms with Crippen LogP contribution in [-0.2, 0) is 4.79 Å². The highest BCUT2D eigenvalue weighted by Crippen LogP contribution is 2.32. The largest absolute Gasteiger partial charge is 0.481 e. The van der Waals surface area contributed by atoms with E-state index in [2.05, 4.69) is 26.0 Å². The molecule has 1 atom stereocenters. The standard InChI is InChI=1S/C31H60O2/c1-4-6-8-10-12-14-16-17-18-19-21-23-25-27-29-31(3,30(32)33)28-26-24-22-20-15-13-11-9-7-5-2/h17-18H,4-16,19-29H2,1-3H3,(H,32,33)/b18-17-. The molecule has 0 aromatic carbocycles. The number of hydrogen-bond donors (Lipinski definition) is 1. The third kappa shape index (κ3) is 21.5. The van der Waals surface area contributed by atoms with E-state index in [0.717, 1.165) is 25.7 Å². The van der Waals surface area contributed by atoms with Gasteiger partial charge in [-0.2, -0.15) is 0 Å². The van der Waals surface area contributed by atoms with Crippen molar-refractivity contribution in [1.29, 1.82) is 0 Å². The molecule has 0 aliphatic rings. The summed E-state index contributed by atoms with van der Waals surface area (Å²) >= 11 is 0. The third-order valence-corrected chi connectivity index (χ3v) is 7.34. The minimum Gasteiger partial charge on any atom is -0.481 e. The molecule has 0 aromatic rings. The van der Waals surface area contributed by atoms with Crippen molar-refractivity contribution >= 4 is 5.97 Å². The van der Waals surface area contributed by atoms with Crippen LogP contribution < -0.4 is 0 Å². The second-order valence-corrected chi connectivity index (χ2v) is 10.8. The Morgan fingerprint density at radius 3 is 1.18 bits per heavy atom. The lowest BCUT2D eigenvalue weighted by Crippen LogP contribution is -2.27. The molecular weight excluding hydrogens is 404 g/mol. The van der Waals surface area contributed by atoms with E-state index in [0.29, 0.717) is 0 Å². The minimum absolute atomic E-state index is 0.517. The minimum atomic E-state index is -0.587. The second-order valence-electron chi connectivity index (χ2n) is 10.8. The van der Waals surface area contributed by atoms with Crippen LogP contribution in [0.15, 0.2) is 12.2 Å². The van der Waals surface area contributed by atoms with Crippen LogP contribution in [-0.4, -0.2) is 11.1 Å². The van der Waals surface area contributed by atoms with Crippen LogP contribution in [0.4, 0.5) is 0 Å². The first kappa shape index (κ1) is 32.2. The van der Waals surface area contributed by atoms with Crippen molar-refractivity contribution in [2.75, 3.05) is 0 Å². The molecule has 1 N–H and O–H groups in total. The third-order valence-electron chi connectivity index (χ3n) is 7.34. The smallest absolute Gasteiger partial charge is 0.309 e. The van der Waals surface area contributed by atoms with Crippen LogP contribution in [0.3, 0.4) is 0 Å². The Morgan fingerprint density at radius 2 is 0.848 bits per heavy atom. The van der Waals surface area contributed by atoms with Crippen LogP contribution in [0.25, 0.3) is 0 Å². The first-order valence-electron chi connectivity index (χ1n) is 14.9. The summed E-state index contributed by atoms with van der Waals surface area (Å²) in [5.41, 5.74) is -0.517. The topological polar surface area (TPSA) is 37.3 Å². The number of carbonyl (C=O) groups is 1. The van der Waals surface area contributed by atoms with Crippen molar-refractivity contribution in [2.45, 2.75) is 175 Å². The molecule has 2 heteroatoms. The van der Waals surface area contributed by atoms with Gasteiger partial charge < -0.3 is 5.11 Å². The van der Waals surface area contributed by atoms with E-state index in [4.69, 9.17) is 0 Å². The fourth-order valence-electron chi connectivity index (χ4n) is 4.75. The van der Waals surface area contributed by atoms with Gasteiger partial charge in [0.2, 0.25) is 0 Å². The van der Waals surface area contributed by atoms with E-state index in [1.807, 2.05) is 6.92 Å². The molecule has 0 aromatic heterocycles. The average Bonchev–Trinajstić information content (AvgIpc) is 2.80. The highest BCUT2D eigenvalue weighted by atomic mass is 16.4. The zero-order chi connectivity index (χ0) is 24.5. The van der Waals surface area contributed by atoms with E-state index in [9.17, 15) is 9.90 Å². The Balaban J connectivity index is 3.65. The maximum Gasteiger partial charge on any atom is 0.309 e. The van der Waals surface area contributed by atoms with E-state index < -0.39 is 11.4 Å². The zero-order valence-corrected chi connectivity index (χ0v) is 23.0. The molecule has 0 rings (SSSR count). The maximum atomic E-state index is 11.9. The molecule has 0 aliphatic heterocycles. The Bertz CT molecular complexity index is 442. The number of allylic oxidation sites excluding steroid dienone is 2. The molecule has 0 amide bonds. The molecular formula is C31H60O2. The molecule has 0 aliphatic carbocycles. The normalized spacial score (nSPS) is 13.5. The monoisotopic (exact) mass is 464 g/mol. The Morgan fingerprint density at radius 1 is 0.545 bits per heavy atom. The van der Waals surface area contributed by atoms with Gasteiger partial charge in [0.05, 0.1) is 5.41 Å². The van der Waals surface area contributed by atoms with Gasteiger partial charge in [0, 0.05) is 0 Å². The predicted octanol–water partition coefficient (Wildman–Crippen LogP) is 11.0. The number of unbranched alkanes of at least 4 members (excludes halogenated alkanes) is 19. The fourth-order valence-corrected chi connectivity index (χ4v) is 4.75. The molecule has 2 nitrogen and oxygen atoms in total. The molecule has 0 bridgehead atoms. The van der Waals surface area contributed by atoms with Gasteiger partial charge in [-0.25, -0.2) is 0 Å². The zero-order valence-electron chi connectivity index (χ0n) is 23.0. The summed E-state index contributed by atoms with van der Waals surface area (Å²) in [6, 6.07) is 0. The van der Waals surface area contributed by atoms with Crippen LogP contribution >= 0.6 is 0 Å². The number of carboxylic acids is 1. The summed E-state index contributed by atoms with van der Waals surface area (Å²) in [5.74, 6) is -0.587. The van der Waals surface area contributed by atoms with Crippen LogP contribution in [0, 0.1) is 5.41 Å². The quantitative estimate of drug-likeness (QED) is 0.102. The number of hydrogen-bond acceptors (Lipinski definition) is 1. The van der Waals surface area contributed by atoms with Gasteiger partial charge in [-0.05, 0) is 45.4 Å². The van der Waals surface area contributed by atoms with Gasteiger partial charge in [-0.15, -0.1) is 0 Å². The van der Waals surface area contributed by atoms with Crippen LogP contribution in [0.5, 0.6) is 0 Å². The molecule has 0 saturated carbocycles. The molecule has 0 saturated heterocycles. The molecule has 0 heterocycles. The highest BCUT2D eigenvalue weighted by molar-refractivity contribution is 5.74. The predicted molar refractivity (Wildman–Crippen MR) is 147 cm³/mol. The molecule has 0 fully saturated rings. The van der Waals surface area contributed by atoms with E-state index >= 15 is 0 Å². The van der Waals surface area contributed by atoms with Gasteiger partial charge in [0.1, 0.15) is 0 Å². The van der Waals surface area contributed by atoms with E-state index in [-0.39, 0.29) is 0 Å². The maximum absolute atomic E-state index is 11.9. The van der Waals surface area contributed by atoms with E-state index in [1.54, 1.807) is 0 Å². The number of aliphatic carboxylic acids is 1. The molecule has 0 radical (unpaired) electrons. The van der Waals surface area contributed by atoms with Crippen molar-refractivity contribution in [3.05, 3.63) is 12.2 Å². The van der Waals surface area contributed by atoms with Gasteiger partial charge in [-0.3, -0.25) is 4.79 Å². The van der Waals surface area contributed by atoms with Crippen molar-refractivity contribution in [3.8, 4) is 0 Å². The van der Waals surface area contributed by atoms with Gasteiger partial charge in [0.25, 0.3) is 0 Å². The van der Waals surface area contributed by atoms with E-state index in [1.165, 1.54) is 128 Å². The number of rotatable bonds is 26. The lowest BCUT2D eigenvalue weighted by atomic mass is 9.80. The Kier molecular flexibility index (Phi) is 23.8. The molecule has 196 valence electrons. The molecule has 1 unspecified atom stereocenters. The summed E-state index contributed by atoms with van der Waals surface area (Å²) in [6.07, 6.45) is 34.9. The first-order valence-corrected chi connectivity index (χ1v) is 14.9. The summed E-state index contributed by atoms with van der Waals surface area (Å²) in [6.45, 7) is 6.52. The van der Waals surface area contributed by atoms with Crippen LogP contribution in [0.1, 0.15) is 175 Å². The molecule has 33 heavy (non-hydrogen) atoms. The Labute approximate surface area is 208 Å². The summed E-state index contributed by atoms with van der Waals surface area (Å²) < 4.78 is 0. The second kappa shape index (κ2) is 24.3. The lowest BCUT2D eigenvalue weighted by molar-refractivity contribution is -0.149. The van der Waals surface area contributed by atoms with Crippen molar-refractivity contribution in [1.82, 2.24) is 0 Å². The summed E-state index contributed by atoms with van der Waals surface area (Å²) in [5, 5.41) is 9.77. The summed E-state index contributed by atoms with van der Waals surface area (Å²) in [7, 11) is 0.